The molecule has 0 amide bonds. The first-order valence-electron chi connectivity index (χ1n) is 5.81. The van der Waals surface area contributed by atoms with Crippen LogP contribution in [-0.2, 0) is 10.0 Å². The van der Waals surface area contributed by atoms with Crippen molar-refractivity contribution in [3.63, 3.8) is 0 Å². The molecule has 2 unspecified atom stereocenters. The fourth-order valence-corrected chi connectivity index (χ4v) is 4.87. The van der Waals surface area contributed by atoms with E-state index in [1.807, 2.05) is 6.07 Å². The first kappa shape index (κ1) is 14.5. The van der Waals surface area contributed by atoms with Gasteiger partial charge in [-0.25, -0.2) is 8.42 Å². The summed E-state index contributed by atoms with van der Waals surface area (Å²) < 4.78 is 27.3. The van der Waals surface area contributed by atoms with Crippen LogP contribution in [0.25, 0.3) is 0 Å². The van der Waals surface area contributed by atoms with Crippen molar-refractivity contribution in [2.75, 3.05) is 13.1 Å². The maximum absolute atomic E-state index is 12.5. The number of rotatable bonds is 2. The molecule has 1 aromatic carbocycles. The number of sulfonamides is 1. The molecular weight excluding hydrogens is 382 g/mol. The van der Waals surface area contributed by atoms with Crippen LogP contribution in [0, 0.1) is 5.92 Å². The van der Waals surface area contributed by atoms with Gasteiger partial charge in [0.25, 0.3) is 0 Å². The molecule has 0 N–H and O–H groups in total. The topological polar surface area (TPSA) is 37.4 Å². The summed E-state index contributed by atoms with van der Waals surface area (Å²) in [4.78, 5) is 0.583. The van der Waals surface area contributed by atoms with Crippen molar-refractivity contribution in [3.05, 3.63) is 28.7 Å². The van der Waals surface area contributed by atoms with Crippen LogP contribution in [-0.4, -0.2) is 30.6 Å². The van der Waals surface area contributed by atoms with Gasteiger partial charge in [-0.1, -0.05) is 44.8 Å². The fraction of sp³-hybridized carbons (Fsp3) is 0.500. The molecule has 3 nitrogen and oxygen atoms in total. The van der Waals surface area contributed by atoms with E-state index in [9.17, 15) is 8.42 Å². The van der Waals surface area contributed by atoms with Crippen molar-refractivity contribution < 1.29 is 8.42 Å². The normalized spacial score (nSPS) is 26.2. The minimum Gasteiger partial charge on any atom is -0.207 e. The number of benzene rings is 1. The molecule has 0 saturated carbocycles. The molecule has 0 aliphatic carbocycles. The monoisotopic (exact) mass is 395 g/mol. The van der Waals surface area contributed by atoms with Crippen LogP contribution in [0.5, 0.6) is 0 Å². The van der Waals surface area contributed by atoms with Gasteiger partial charge in [0, 0.05) is 22.4 Å². The highest BCUT2D eigenvalue weighted by atomic mass is 79.9. The summed E-state index contributed by atoms with van der Waals surface area (Å²) in [5, 5.41) is 0. The Kier molecular flexibility index (Phi) is 4.52. The minimum absolute atomic E-state index is 0.230. The highest BCUT2D eigenvalue weighted by Gasteiger charge is 2.32. The Morgan fingerprint density at radius 2 is 2.11 bits per heavy atom. The Bertz CT molecular complexity index is 533. The standard InChI is InChI=1S/C12H15Br2NO2S/c1-9-5-6-15(8-12(9)14)18(16,17)11-4-2-3-10(13)7-11/h2-4,7,9,12H,5-6,8H2,1H3. The average molecular weight is 397 g/mol. The first-order valence-corrected chi connectivity index (χ1v) is 8.96. The molecule has 0 aromatic heterocycles. The Morgan fingerprint density at radius 1 is 1.39 bits per heavy atom. The van der Waals surface area contributed by atoms with Gasteiger partial charge in [0.2, 0.25) is 10.0 Å². The predicted molar refractivity (Wildman–Crippen MR) is 79.4 cm³/mol. The van der Waals surface area contributed by atoms with E-state index in [1.54, 1.807) is 22.5 Å². The zero-order chi connectivity index (χ0) is 13.3. The molecule has 1 saturated heterocycles. The summed E-state index contributed by atoms with van der Waals surface area (Å²) in [7, 11) is -3.37. The highest BCUT2D eigenvalue weighted by Crippen LogP contribution is 2.28. The van der Waals surface area contributed by atoms with Crippen LogP contribution in [0.15, 0.2) is 33.6 Å². The van der Waals surface area contributed by atoms with Crippen LogP contribution >= 0.6 is 31.9 Å². The van der Waals surface area contributed by atoms with E-state index in [2.05, 4.69) is 38.8 Å². The predicted octanol–water partition coefficient (Wildman–Crippen LogP) is 3.24. The SMILES string of the molecule is CC1CCN(S(=O)(=O)c2cccc(Br)c2)CC1Br. The number of hydrogen-bond acceptors (Lipinski definition) is 2. The Morgan fingerprint density at radius 3 is 2.72 bits per heavy atom. The van der Waals surface area contributed by atoms with Crippen molar-refractivity contribution in [3.8, 4) is 0 Å². The van der Waals surface area contributed by atoms with Crippen molar-refractivity contribution in [2.24, 2.45) is 5.92 Å². The number of hydrogen-bond donors (Lipinski definition) is 0. The number of halogens is 2. The summed E-state index contributed by atoms with van der Waals surface area (Å²) in [6.45, 7) is 3.27. The van der Waals surface area contributed by atoms with E-state index in [1.165, 1.54) is 0 Å². The van der Waals surface area contributed by atoms with Gasteiger partial charge in [-0.3, -0.25) is 0 Å². The van der Waals surface area contributed by atoms with Gasteiger partial charge in [-0.2, -0.15) is 4.31 Å². The molecule has 1 aliphatic rings. The van der Waals surface area contributed by atoms with Gasteiger partial charge in [0.05, 0.1) is 4.90 Å². The van der Waals surface area contributed by atoms with Crippen LogP contribution in [0.2, 0.25) is 0 Å². The zero-order valence-corrected chi connectivity index (χ0v) is 14.0. The van der Waals surface area contributed by atoms with Crippen molar-refractivity contribution >= 4 is 41.9 Å². The summed E-state index contributed by atoms with van der Waals surface area (Å²) in [5.74, 6) is 0.513. The second-order valence-electron chi connectivity index (χ2n) is 4.60. The molecule has 18 heavy (non-hydrogen) atoms. The third kappa shape index (κ3) is 2.98. The molecule has 1 heterocycles. The van der Waals surface area contributed by atoms with E-state index >= 15 is 0 Å². The lowest BCUT2D eigenvalue weighted by molar-refractivity contribution is 0.300. The highest BCUT2D eigenvalue weighted by molar-refractivity contribution is 9.10. The molecule has 100 valence electrons. The Labute approximate surface area is 125 Å². The quantitative estimate of drug-likeness (QED) is 0.719. The molecule has 2 rings (SSSR count). The van der Waals surface area contributed by atoms with Crippen LogP contribution in [0.1, 0.15) is 13.3 Å². The second kappa shape index (κ2) is 5.61. The number of piperidine rings is 1. The Hall–Kier alpha value is 0.0900. The molecular formula is C12H15Br2NO2S. The molecule has 0 spiro atoms. The fourth-order valence-electron chi connectivity index (χ4n) is 1.99. The molecule has 2 atom stereocenters. The van der Waals surface area contributed by atoms with Gasteiger partial charge < -0.3 is 0 Å². The van der Waals surface area contributed by atoms with Gasteiger partial charge >= 0.3 is 0 Å². The van der Waals surface area contributed by atoms with E-state index in [4.69, 9.17) is 0 Å². The van der Waals surface area contributed by atoms with Gasteiger partial charge in [0.15, 0.2) is 0 Å². The van der Waals surface area contributed by atoms with Crippen molar-refractivity contribution in [1.82, 2.24) is 4.31 Å². The molecule has 0 radical (unpaired) electrons. The lowest BCUT2D eigenvalue weighted by Gasteiger charge is -2.33. The third-order valence-corrected chi connectivity index (χ3v) is 6.81. The zero-order valence-electron chi connectivity index (χ0n) is 10.0. The second-order valence-corrected chi connectivity index (χ2v) is 8.63. The molecule has 1 fully saturated rings. The maximum atomic E-state index is 12.5. The lowest BCUT2D eigenvalue weighted by Crippen LogP contribution is -2.43. The van der Waals surface area contributed by atoms with Crippen LogP contribution in [0.3, 0.4) is 0 Å². The molecule has 0 bridgehead atoms. The summed E-state index contributed by atoms with van der Waals surface area (Å²) in [5.41, 5.74) is 0. The van der Waals surface area contributed by atoms with Gasteiger partial charge in [-0.05, 0) is 30.5 Å². The smallest absolute Gasteiger partial charge is 0.207 e. The minimum atomic E-state index is -3.37. The van der Waals surface area contributed by atoms with Crippen molar-refractivity contribution in [1.29, 1.82) is 0 Å². The average Bonchev–Trinajstić information content (AvgIpc) is 2.32. The number of alkyl halides is 1. The molecule has 1 aromatic rings. The van der Waals surface area contributed by atoms with Crippen LogP contribution < -0.4 is 0 Å². The maximum Gasteiger partial charge on any atom is 0.243 e. The van der Waals surface area contributed by atoms with Gasteiger partial charge in [-0.15, -0.1) is 0 Å². The largest absolute Gasteiger partial charge is 0.243 e. The molecule has 1 aliphatic heterocycles. The summed E-state index contributed by atoms with van der Waals surface area (Å²) >= 11 is 6.87. The van der Waals surface area contributed by atoms with Crippen molar-refractivity contribution in [2.45, 2.75) is 23.1 Å². The summed E-state index contributed by atoms with van der Waals surface area (Å²) in [6.07, 6.45) is 0.892. The van der Waals surface area contributed by atoms with Crippen LogP contribution in [0.4, 0.5) is 0 Å². The number of nitrogens with zero attached hydrogens (tertiary/aromatic N) is 1. The van der Waals surface area contributed by atoms with E-state index in [0.29, 0.717) is 23.9 Å². The third-order valence-electron chi connectivity index (χ3n) is 3.26. The van der Waals surface area contributed by atoms with E-state index in [-0.39, 0.29) is 4.83 Å². The summed E-state index contributed by atoms with van der Waals surface area (Å²) in [6, 6.07) is 6.86. The van der Waals surface area contributed by atoms with Gasteiger partial charge in [0.1, 0.15) is 0 Å². The van der Waals surface area contributed by atoms with E-state index in [0.717, 1.165) is 10.9 Å². The first-order chi connectivity index (χ1) is 8.41. The van der Waals surface area contributed by atoms with E-state index < -0.39 is 10.0 Å². The molecule has 6 heteroatoms. The lowest BCUT2D eigenvalue weighted by atomic mass is 10.0. The Balaban J connectivity index is 2.27.